The van der Waals surface area contributed by atoms with E-state index in [1.165, 1.54) is 18.3 Å². The van der Waals surface area contributed by atoms with Crippen molar-refractivity contribution in [2.45, 2.75) is 13.0 Å². The number of ether oxygens (including phenoxy) is 1. The third-order valence-electron chi connectivity index (χ3n) is 4.26. The molecule has 0 aliphatic rings. The molecule has 3 rings (SSSR count). The van der Waals surface area contributed by atoms with Crippen LogP contribution in [0.3, 0.4) is 0 Å². The molecule has 164 valence electrons. The maximum Gasteiger partial charge on any atom is 0.273 e. The number of halogens is 3. The molecular formula is C22H16Cl2IN3O4. The average molecular weight is 584 g/mol. The number of hydrogen-bond acceptors (Lipinski definition) is 5. The summed E-state index contributed by atoms with van der Waals surface area (Å²) in [6.07, 6.45) is 1.19. The second kappa shape index (κ2) is 11.3. The Bertz CT molecular complexity index is 1150. The zero-order valence-corrected chi connectivity index (χ0v) is 20.1. The van der Waals surface area contributed by atoms with Crippen LogP contribution in [-0.4, -0.2) is 17.0 Å². The molecule has 1 N–H and O–H groups in total. The maximum atomic E-state index is 12.1. The third kappa shape index (κ3) is 6.65. The van der Waals surface area contributed by atoms with Gasteiger partial charge in [0, 0.05) is 15.2 Å². The Balaban J connectivity index is 1.60. The minimum Gasteiger partial charge on any atom is -0.486 e. The standard InChI is InChI=1S/C22H16Cl2IN3O4/c23-18-9-15(10-19(24)22(18)32-13-14-5-7-17(25)8-6-14)12-26-27-21(29)11-16-3-1-2-4-20(16)28(30)31/h1-10,12H,11,13H2,(H,27,29)/b26-12+. The van der Waals surface area contributed by atoms with Crippen molar-refractivity contribution in [2.24, 2.45) is 5.10 Å². The van der Waals surface area contributed by atoms with Gasteiger partial charge in [-0.15, -0.1) is 0 Å². The summed E-state index contributed by atoms with van der Waals surface area (Å²) in [7, 11) is 0. The second-order valence-corrected chi connectivity index (χ2v) is 8.64. The largest absolute Gasteiger partial charge is 0.486 e. The van der Waals surface area contributed by atoms with Crippen LogP contribution in [0.4, 0.5) is 5.69 Å². The van der Waals surface area contributed by atoms with E-state index in [9.17, 15) is 14.9 Å². The SMILES string of the molecule is O=C(Cc1ccccc1[N+](=O)[O-])N/N=C/c1cc(Cl)c(OCc2ccc(I)cc2)c(Cl)c1. The minimum absolute atomic E-state index is 0.119. The quantitative estimate of drug-likeness (QED) is 0.157. The van der Waals surface area contributed by atoms with Gasteiger partial charge in [-0.3, -0.25) is 14.9 Å². The molecule has 3 aromatic carbocycles. The fraction of sp³-hybridized carbons (Fsp3) is 0.0909. The molecule has 0 aliphatic heterocycles. The van der Waals surface area contributed by atoms with Crippen LogP contribution in [0.15, 0.2) is 65.8 Å². The lowest BCUT2D eigenvalue weighted by Gasteiger charge is -2.11. The van der Waals surface area contributed by atoms with Crippen molar-refractivity contribution >= 4 is 63.6 Å². The number of hydrogen-bond donors (Lipinski definition) is 1. The minimum atomic E-state index is -0.530. The molecule has 0 aromatic heterocycles. The Kier molecular flexibility index (Phi) is 8.43. The van der Waals surface area contributed by atoms with Gasteiger partial charge in [0.25, 0.3) is 5.69 Å². The zero-order chi connectivity index (χ0) is 23.1. The molecule has 10 heteroatoms. The predicted octanol–water partition coefficient (Wildman–Crippen LogP) is 5.78. The van der Waals surface area contributed by atoms with Crippen molar-refractivity contribution in [3.8, 4) is 5.75 Å². The molecule has 0 bridgehead atoms. The summed E-state index contributed by atoms with van der Waals surface area (Å²) >= 11 is 14.8. The van der Waals surface area contributed by atoms with Crippen molar-refractivity contribution < 1.29 is 14.5 Å². The normalized spacial score (nSPS) is 10.8. The van der Waals surface area contributed by atoms with Gasteiger partial charge in [0.2, 0.25) is 5.91 Å². The van der Waals surface area contributed by atoms with Gasteiger partial charge in [0.15, 0.2) is 5.75 Å². The average Bonchev–Trinajstić information content (AvgIpc) is 2.74. The molecule has 0 saturated carbocycles. The van der Waals surface area contributed by atoms with Gasteiger partial charge >= 0.3 is 0 Å². The molecule has 3 aromatic rings. The third-order valence-corrected chi connectivity index (χ3v) is 5.54. The van der Waals surface area contributed by atoms with E-state index in [1.54, 1.807) is 24.3 Å². The first-order valence-corrected chi connectivity index (χ1v) is 11.1. The number of nitro groups is 1. The molecule has 0 unspecified atom stereocenters. The highest BCUT2D eigenvalue weighted by atomic mass is 127. The Morgan fingerprint density at radius 2 is 1.78 bits per heavy atom. The summed E-state index contributed by atoms with van der Waals surface area (Å²) in [6, 6.07) is 17.1. The number of benzene rings is 3. The second-order valence-electron chi connectivity index (χ2n) is 6.58. The molecule has 0 radical (unpaired) electrons. The monoisotopic (exact) mass is 583 g/mol. The summed E-state index contributed by atoms with van der Waals surface area (Å²) in [6.45, 7) is 0.311. The topological polar surface area (TPSA) is 93.8 Å². The molecule has 0 aliphatic carbocycles. The lowest BCUT2D eigenvalue weighted by molar-refractivity contribution is -0.385. The fourth-order valence-electron chi connectivity index (χ4n) is 2.76. The summed E-state index contributed by atoms with van der Waals surface area (Å²) in [4.78, 5) is 22.6. The van der Waals surface area contributed by atoms with Crippen molar-refractivity contribution in [3.63, 3.8) is 0 Å². The number of carbonyl (C=O) groups is 1. The molecule has 7 nitrogen and oxygen atoms in total. The van der Waals surface area contributed by atoms with Gasteiger partial charge in [-0.2, -0.15) is 5.10 Å². The Hall–Kier alpha value is -2.69. The van der Waals surface area contributed by atoms with Gasteiger partial charge in [-0.25, -0.2) is 5.43 Å². The number of hydrazone groups is 1. The van der Waals surface area contributed by atoms with E-state index >= 15 is 0 Å². The Morgan fingerprint density at radius 3 is 2.44 bits per heavy atom. The molecular weight excluding hydrogens is 568 g/mol. The van der Waals surface area contributed by atoms with Crippen LogP contribution < -0.4 is 10.2 Å². The van der Waals surface area contributed by atoms with Crippen LogP contribution in [0.5, 0.6) is 5.75 Å². The number of rotatable bonds is 8. The van der Waals surface area contributed by atoms with Crippen LogP contribution in [0, 0.1) is 13.7 Å². The van der Waals surface area contributed by atoms with Crippen LogP contribution in [0.1, 0.15) is 16.7 Å². The van der Waals surface area contributed by atoms with Gasteiger partial charge < -0.3 is 4.74 Å². The number of para-hydroxylation sites is 1. The van der Waals surface area contributed by atoms with E-state index in [1.807, 2.05) is 24.3 Å². The number of amides is 1. The predicted molar refractivity (Wildman–Crippen MR) is 132 cm³/mol. The fourth-order valence-corrected chi connectivity index (χ4v) is 3.73. The van der Waals surface area contributed by atoms with Crippen LogP contribution in [0.2, 0.25) is 10.0 Å². The lowest BCUT2D eigenvalue weighted by atomic mass is 10.1. The summed E-state index contributed by atoms with van der Waals surface area (Å²) in [5.41, 5.74) is 4.04. The molecule has 0 spiro atoms. The van der Waals surface area contributed by atoms with Crippen LogP contribution in [0.25, 0.3) is 0 Å². The van der Waals surface area contributed by atoms with Crippen molar-refractivity contribution in [1.29, 1.82) is 0 Å². The smallest absolute Gasteiger partial charge is 0.273 e. The lowest BCUT2D eigenvalue weighted by Crippen LogP contribution is -2.20. The first-order chi connectivity index (χ1) is 15.3. The van der Waals surface area contributed by atoms with E-state index in [0.717, 1.165) is 9.13 Å². The highest BCUT2D eigenvalue weighted by Crippen LogP contribution is 2.34. The number of nitro benzene ring substituents is 1. The van der Waals surface area contributed by atoms with E-state index in [0.29, 0.717) is 33.5 Å². The molecule has 0 heterocycles. The van der Waals surface area contributed by atoms with E-state index in [4.69, 9.17) is 27.9 Å². The first-order valence-electron chi connectivity index (χ1n) is 9.24. The zero-order valence-electron chi connectivity index (χ0n) is 16.4. The highest BCUT2D eigenvalue weighted by molar-refractivity contribution is 14.1. The Morgan fingerprint density at radius 1 is 1.12 bits per heavy atom. The maximum absolute atomic E-state index is 12.1. The molecule has 0 saturated heterocycles. The molecule has 1 amide bonds. The van der Waals surface area contributed by atoms with E-state index < -0.39 is 10.8 Å². The molecule has 0 atom stereocenters. The van der Waals surface area contributed by atoms with Gasteiger partial charge in [0.05, 0.1) is 27.6 Å². The molecule has 0 fully saturated rings. The highest BCUT2D eigenvalue weighted by Gasteiger charge is 2.15. The number of nitrogens with one attached hydrogen (secondary N) is 1. The van der Waals surface area contributed by atoms with Crippen molar-refractivity contribution in [2.75, 3.05) is 0 Å². The van der Waals surface area contributed by atoms with Crippen LogP contribution in [-0.2, 0) is 17.8 Å². The van der Waals surface area contributed by atoms with Crippen LogP contribution >= 0.6 is 45.8 Å². The number of nitrogens with zero attached hydrogens (tertiary/aromatic N) is 2. The van der Waals surface area contributed by atoms with Crippen molar-refractivity contribution in [3.05, 3.63) is 101 Å². The number of carbonyl (C=O) groups excluding carboxylic acids is 1. The summed E-state index contributed by atoms with van der Waals surface area (Å²) in [5.74, 6) is -0.144. The van der Waals surface area contributed by atoms with E-state index in [-0.39, 0.29) is 12.1 Å². The first kappa shape index (κ1) is 24.0. The summed E-state index contributed by atoms with van der Waals surface area (Å²) < 4.78 is 6.88. The van der Waals surface area contributed by atoms with Gasteiger partial charge in [0.1, 0.15) is 6.61 Å². The van der Waals surface area contributed by atoms with Crippen molar-refractivity contribution in [1.82, 2.24) is 5.43 Å². The van der Waals surface area contributed by atoms with Gasteiger partial charge in [-0.05, 0) is 58.0 Å². The van der Waals surface area contributed by atoms with Gasteiger partial charge in [-0.1, -0.05) is 53.5 Å². The van der Waals surface area contributed by atoms with E-state index in [2.05, 4.69) is 33.1 Å². The summed E-state index contributed by atoms with van der Waals surface area (Å²) in [5, 5.41) is 15.5. The molecule has 32 heavy (non-hydrogen) atoms. The Labute approximate surface area is 207 Å².